The van der Waals surface area contributed by atoms with Crippen LogP contribution in [0.4, 0.5) is 5.82 Å². The summed E-state index contributed by atoms with van der Waals surface area (Å²) in [5.74, 6) is 1.14. The molecule has 1 amide bonds. The number of hydrogen-bond donors (Lipinski definition) is 0. The molecular formula is C16H18ClN3OS. The zero-order chi connectivity index (χ0) is 15.4. The van der Waals surface area contributed by atoms with Crippen molar-refractivity contribution in [1.29, 1.82) is 0 Å². The van der Waals surface area contributed by atoms with Crippen LogP contribution in [0.3, 0.4) is 0 Å². The molecule has 22 heavy (non-hydrogen) atoms. The van der Waals surface area contributed by atoms with E-state index >= 15 is 0 Å². The molecule has 116 valence electrons. The molecule has 3 rings (SSSR count). The molecule has 0 aliphatic carbocycles. The fourth-order valence-electron chi connectivity index (χ4n) is 2.63. The van der Waals surface area contributed by atoms with Crippen LogP contribution in [-0.4, -0.2) is 42.0 Å². The van der Waals surface area contributed by atoms with E-state index in [2.05, 4.69) is 9.88 Å². The Labute approximate surface area is 139 Å². The molecule has 1 aliphatic heterocycles. The summed E-state index contributed by atoms with van der Waals surface area (Å²) in [5.41, 5.74) is 1.11. The summed E-state index contributed by atoms with van der Waals surface area (Å²) in [6.45, 7) is 3.28. The van der Waals surface area contributed by atoms with Crippen LogP contribution in [0.5, 0.6) is 0 Å². The summed E-state index contributed by atoms with van der Waals surface area (Å²) in [6.07, 6.45) is 3.13. The van der Waals surface area contributed by atoms with Crippen molar-refractivity contribution in [1.82, 2.24) is 9.88 Å². The second kappa shape index (κ2) is 7.11. The molecule has 2 aromatic heterocycles. The van der Waals surface area contributed by atoms with Crippen LogP contribution in [0.15, 0.2) is 35.2 Å². The fraction of sp³-hybridized carbons (Fsp3) is 0.375. The molecular weight excluding hydrogens is 318 g/mol. The smallest absolute Gasteiger partial charge is 0.227 e. The maximum absolute atomic E-state index is 12.4. The van der Waals surface area contributed by atoms with Gasteiger partial charge in [-0.3, -0.25) is 4.79 Å². The number of hydrogen-bond acceptors (Lipinski definition) is 4. The van der Waals surface area contributed by atoms with E-state index in [9.17, 15) is 4.79 Å². The largest absolute Gasteiger partial charge is 0.355 e. The first-order valence-corrected chi connectivity index (χ1v) is 8.70. The molecule has 0 spiro atoms. The lowest BCUT2D eigenvalue weighted by Crippen LogP contribution is -2.36. The minimum Gasteiger partial charge on any atom is -0.355 e. The van der Waals surface area contributed by atoms with E-state index in [1.54, 1.807) is 17.5 Å². The average molecular weight is 336 g/mol. The van der Waals surface area contributed by atoms with Gasteiger partial charge in [-0.1, -0.05) is 11.6 Å². The Bertz CT molecular complexity index is 615. The van der Waals surface area contributed by atoms with Crippen LogP contribution in [-0.2, 0) is 11.2 Å². The van der Waals surface area contributed by atoms with Crippen molar-refractivity contribution in [3.05, 3.63) is 45.7 Å². The predicted octanol–water partition coefficient (Wildman–Crippen LogP) is 3.08. The van der Waals surface area contributed by atoms with Crippen molar-refractivity contribution < 1.29 is 4.79 Å². The molecule has 6 heteroatoms. The van der Waals surface area contributed by atoms with Gasteiger partial charge in [0.25, 0.3) is 0 Å². The third-order valence-electron chi connectivity index (χ3n) is 3.82. The van der Waals surface area contributed by atoms with E-state index in [4.69, 9.17) is 11.6 Å². The van der Waals surface area contributed by atoms with Crippen molar-refractivity contribution in [2.75, 3.05) is 31.1 Å². The van der Waals surface area contributed by atoms with Gasteiger partial charge in [-0.15, -0.1) is 0 Å². The lowest BCUT2D eigenvalue weighted by molar-refractivity contribution is -0.130. The third-order valence-corrected chi connectivity index (χ3v) is 4.78. The molecule has 0 aromatic carbocycles. The van der Waals surface area contributed by atoms with Crippen LogP contribution in [0.25, 0.3) is 0 Å². The summed E-state index contributed by atoms with van der Waals surface area (Å²) in [5, 5.41) is 4.70. The Balaban J connectivity index is 1.59. The highest BCUT2D eigenvalue weighted by Crippen LogP contribution is 2.17. The highest BCUT2D eigenvalue weighted by molar-refractivity contribution is 7.08. The number of nitrogens with zero attached hydrogens (tertiary/aromatic N) is 3. The summed E-state index contributed by atoms with van der Waals surface area (Å²) >= 11 is 7.52. The minimum atomic E-state index is 0.212. The number of thiophene rings is 1. The average Bonchev–Trinajstić information content (AvgIpc) is 2.90. The van der Waals surface area contributed by atoms with E-state index in [1.165, 1.54) is 0 Å². The number of carbonyl (C=O) groups excluding carboxylic acids is 1. The Morgan fingerprint density at radius 3 is 2.86 bits per heavy atom. The Hall–Kier alpha value is -1.59. The zero-order valence-corrected chi connectivity index (χ0v) is 13.8. The van der Waals surface area contributed by atoms with Gasteiger partial charge in [-0.25, -0.2) is 4.98 Å². The SMILES string of the molecule is O=C(Cc1ccsc1)N1CCCN(c2ccc(Cl)cn2)CC1. The highest BCUT2D eigenvalue weighted by atomic mass is 35.5. The molecule has 0 N–H and O–H groups in total. The van der Waals surface area contributed by atoms with Crippen molar-refractivity contribution >= 4 is 34.7 Å². The molecule has 0 unspecified atom stereocenters. The Morgan fingerprint density at radius 1 is 1.23 bits per heavy atom. The molecule has 0 saturated carbocycles. The van der Waals surface area contributed by atoms with E-state index in [0.717, 1.165) is 44.0 Å². The molecule has 1 fully saturated rings. The number of anilines is 1. The van der Waals surface area contributed by atoms with Crippen LogP contribution < -0.4 is 4.90 Å². The summed E-state index contributed by atoms with van der Waals surface area (Å²) in [7, 11) is 0. The Kier molecular flexibility index (Phi) is 4.95. The van der Waals surface area contributed by atoms with Crippen molar-refractivity contribution in [3.8, 4) is 0 Å². The van der Waals surface area contributed by atoms with Crippen LogP contribution in [0.1, 0.15) is 12.0 Å². The molecule has 3 heterocycles. The number of halogens is 1. The van der Waals surface area contributed by atoms with Gasteiger partial charge >= 0.3 is 0 Å². The van der Waals surface area contributed by atoms with Crippen LogP contribution in [0.2, 0.25) is 5.02 Å². The summed E-state index contributed by atoms with van der Waals surface area (Å²) in [6, 6.07) is 5.81. The van der Waals surface area contributed by atoms with Gasteiger partial charge in [0.1, 0.15) is 5.82 Å². The Morgan fingerprint density at radius 2 is 2.14 bits per heavy atom. The van der Waals surface area contributed by atoms with Gasteiger partial charge in [0.05, 0.1) is 11.4 Å². The highest BCUT2D eigenvalue weighted by Gasteiger charge is 2.20. The number of amides is 1. The van der Waals surface area contributed by atoms with Crippen LogP contribution >= 0.6 is 22.9 Å². The first-order valence-electron chi connectivity index (χ1n) is 7.38. The predicted molar refractivity (Wildman–Crippen MR) is 90.7 cm³/mol. The lowest BCUT2D eigenvalue weighted by Gasteiger charge is -2.22. The molecule has 1 aliphatic rings. The normalized spacial score (nSPS) is 15.7. The maximum atomic E-state index is 12.4. The summed E-state index contributed by atoms with van der Waals surface area (Å²) in [4.78, 5) is 20.9. The minimum absolute atomic E-state index is 0.212. The van der Waals surface area contributed by atoms with Crippen molar-refractivity contribution in [3.63, 3.8) is 0 Å². The second-order valence-electron chi connectivity index (χ2n) is 5.36. The monoisotopic (exact) mass is 335 g/mol. The third kappa shape index (κ3) is 3.78. The van der Waals surface area contributed by atoms with E-state index in [0.29, 0.717) is 11.4 Å². The fourth-order valence-corrected chi connectivity index (χ4v) is 3.41. The van der Waals surface area contributed by atoms with Gasteiger partial charge < -0.3 is 9.80 Å². The van der Waals surface area contributed by atoms with Gasteiger partial charge in [0.2, 0.25) is 5.91 Å². The topological polar surface area (TPSA) is 36.4 Å². The first-order chi connectivity index (χ1) is 10.7. The van der Waals surface area contributed by atoms with Crippen molar-refractivity contribution in [2.24, 2.45) is 0 Å². The van der Waals surface area contributed by atoms with Gasteiger partial charge in [-0.2, -0.15) is 11.3 Å². The van der Waals surface area contributed by atoms with Crippen LogP contribution in [0, 0.1) is 0 Å². The lowest BCUT2D eigenvalue weighted by atomic mass is 10.2. The van der Waals surface area contributed by atoms with E-state index < -0.39 is 0 Å². The molecule has 4 nitrogen and oxygen atoms in total. The van der Waals surface area contributed by atoms with Gasteiger partial charge in [-0.05, 0) is 40.9 Å². The molecule has 1 saturated heterocycles. The molecule has 0 atom stereocenters. The number of carbonyl (C=O) groups is 1. The number of pyridine rings is 1. The van der Waals surface area contributed by atoms with Gasteiger partial charge in [0.15, 0.2) is 0 Å². The number of aromatic nitrogens is 1. The summed E-state index contributed by atoms with van der Waals surface area (Å²) < 4.78 is 0. The van der Waals surface area contributed by atoms with E-state index in [-0.39, 0.29) is 5.91 Å². The quantitative estimate of drug-likeness (QED) is 0.865. The molecule has 2 aromatic rings. The van der Waals surface area contributed by atoms with Crippen molar-refractivity contribution in [2.45, 2.75) is 12.8 Å². The second-order valence-corrected chi connectivity index (χ2v) is 6.58. The zero-order valence-electron chi connectivity index (χ0n) is 12.2. The van der Waals surface area contributed by atoms with E-state index in [1.807, 2.05) is 33.9 Å². The standard InChI is InChI=1S/C16H18ClN3OS/c17-14-2-3-15(18-11-14)19-5-1-6-20(8-7-19)16(21)10-13-4-9-22-12-13/h2-4,9,11-12H,1,5-8,10H2. The first kappa shape index (κ1) is 15.3. The van der Waals surface area contributed by atoms with Gasteiger partial charge in [0, 0.05) is 32.4 Å². The molecule has 0 radical (unpaired) electrons. The maximum Gasteiger partial charge on any atom is 0.227 e. The molecule has 0 bridgehead atoms. The number of rotatable bonds is 3.